The molecule has 0 fully saturated rings. The summed E-state index contributed by atoms with van der Waals surface area (Å²) in [4.78, 5) is 17.5. The zero-order valence-corrected chi connectivity index (χ0v) is 17.9. The zero-order valence-electron chi connectivity index (χ0n) is 16.7. The number of carboxylic acids is 1. The van der Waals surface area contributed by atoms with Gasteiger partial charge in [0, 0.05) is 47.5 Å². The smallest absolute Gasteiger partial charge is 0.300 e. The van der Waals surface area contributed by atoms with Crippen LogP contribution in [0.25, 0.3) is 0 Å². The van der Waals surface area contributed by atoms with Gasteiger partial charge in [0.2, 0.25) is 0 Å². The van der Waals surface area contributed by atoms with Crippen LogP contribution in [-0.2, 0) is 21.9 Å². The molecule has 157 valence electrons. The molecule has 0 amide bonds. The van der Waals surface area contributed by atoms with Crippen molar-refractivity contribution >= 4 is 18.4 Å². The summed E-state index contributed by atoms with van der Waals surface area (Å²) in [6, 6.07) is 10.8. The number of aliphatic imine (C=N–C) groups is 2. The van der Waals surface area contributed by atoms with E-state index in [4.69, 9.17) is 14.6 Å². The molecule has 0 saturated heterocycles. The molecule has 29 heavy (non-hydrogen) atoms. The number of benzene rings is 2. The average molecular weight is 441 g/mol. The summed E-state index contributed by atoms with van der Waals surface area (Å²) >= 11 is 0. The summed E-state index contributed by atoms with van der Waals surface area (Å²) in [7, 11) is 0. The van der Waals surface area contributed by atoms with Crippen molar-refractivity contribution in [2.75, 3.05) is 19.7 Å². The Balaban J connectivity index is 0.00000143. The van der Waals surface area contributed by atoms with Crippen LogP contribution in [0.3, 0.4) is 0 Å². The maximum atomic E-state index is 10.1. The van der Waals surface area contributed by atoms with Crippen molar-refractivity contribution in [1.29, 1.82) is 0 Å². The number of nitrogens with zero attached hydrogens (tertiary/aromatic N) is 2. The van der Waals surface area contributed by atoms with Crippen LogP contribution in [0.15, 0.2) is 46.4 Å². The molecule has 0 aromatic heterocycles. The molecule has 2 aromatic rings. The van der Waals surface area contributed by atoms with Gasteiger partial charge in [-0.3, -0.25) is 14.8 Å². The molecule has 0 spiro atoms. The van der Waals surface area contributed by atoms with Crippen LogP contribution < -0.4 is 4.74 Å². The van der Waals surface area contributed by atoms with Crippen molar-refractivity contribution in [2.24, 2.45) is 9.98 Å². The standard InChI is InChI=1S/C19H22N2O3.C2H4O2.Mn/c1-3-24-17-9-5-8-16(19(17)23)13-21-11-10-20-12-15-7-4-6-14(2)18(15)22;1-2(3)4;/h4-9,12-13,22-23H,3,10-11H2,1-2H3;1H3,(H,3,4);. The van der Waals surface area contributed by atoms with Crippen LogP contribution in [0.1, 0.15) is 30.5 Å². The molecular weight excluding hydrogens is 415 g/mol. The number of carbonyl (C=O) groups is 1. The van der Waals surface area contributed by atoms with E-state index >= 15 is 0 Å². The van der Waals surface area contributed by atoms with Crippen molar-refractivity contribution in [3.8, 4) is 17.2 Å². The molecule has 0 atom stereocenters. The number of hydrogen-bond donors (Lipinski definition) is 3. The molecule has 8 heteroatoms. The van der Waals surface area contributed by atoms with E-state index in [1.807, 2.05) is 38.1 Å². The number of phenolic OH excluding ortho intramolecular Hbond substituents is 2. The third-order valence-corrected chi connectivity index (χ3v) is 3.42. The third kappa shape index (κ3) is 9.78. The Morgan fingerprint density at radius 2 is 1.48 bits per heavy atom. The molecule has 1 radical (unpaired) electrons. The van der Waals surface area contributed by atoms with Crippen molar-refractivity contribution in [3.63, 3.8) is 0 Å². The first-order valence-electron chi connectivity index (χ1n) is 8.79. The number of ether oxygens (including phenoxy) is 1. The van der Waals surface area contributed by atoms with E-state index < -0.39 is 5.97 Å². The third-order valence-electron chi connectivity index (χ3n) is 3.42. The number of carboxylic acid groups (broad SMARTS) is 1. The molecule has 7 nitrogen and oxygen atoms in total. The van der Waals surface area contributed by atoms with E-state index in [2.05, 4.69) is 9.98 Å². The van der Waals surface area contributed by atoms with E-state index in [0.29, 0.717) is 36.6 Å². The van der Waals surface area contributed by atoms with Crippen LogP contribution >= 0.6 is 0 Å². The van der Waals surface area contributed by atoms with Gasteiger partial charge in [0.15, 0.2) is 11.5 Å². The number of aryl methyl sites for hydroxylation is 1. The van der Waals surface area contributed by atoms with E-state index in [1.165, 1.54) is 0 Å². The van der Waals surface area contributed by atoms with Gasteiger partial charge in [0.1, 0.15) is 5.75 Å². The summed E-state index contributed by atoms with van der Waals surface area (Å²) in [5.74, 6) is -0.0342. The minimum Gasteiger partial charge on any atom is -0.507 e. The zero-order chi connectivity index (χ0) is 20.9. The van der Waals surface area contributed by atoms with Gasteiger partial charge < -0.3 is 20.1 Å². The minimum absolute atomic E-state index is 0. The first kappa shape index (κ1) is 26.2. The van der Waals surface area contributed by atoms with Gasteiger partial charge in [0.25, 0.3) is 5.97 Å². The van der Waals surface area contributed by atoms with Crippen molar-refractivity contribution < 1.29 is 41.9 Å². The van der Waals surface area contributed by atoms with Gasteiger partial charge >= 0.3 is 0 Å². The predicted molar refractivity (Wildman–Crippen MR) is 110 cm³/mol. The molecule has 3 N–H and O–H groups in total. The number of aliphatic carboxylic acids is 1. The van der Waals surface area contributed by atoms with Crippen LogP contribution in [0.2, 0.25) is 0 Å². The Bertz CT molecular complexity index is 834. The maximum absolute atomic E-state index is 10.1. The normalized spacial score (nSPS) is 10.3. The van der Waals surface area contributed by atoms with Crippen LogP contribution in [-0.4, -0.2) is 53.4 Å². The number of phenols is 2. The second kappa shape index (κ2) is 14.2. The Morgan fingerprint density at radius 3 is 2.00 bits per heavy atom. The first-order valence-corrected chi connectivity index (χ1v) is 8.79. The van der Waals surface area contributed by atoms with Gasteiger partial charge in [-0.15, -0.1) is 0 Å². The topological polar surface area (TPSA) is 112 Å². The fraction of sp³-hybridized carbons (Fsp3) is 0.286. The summed E-state index contributed by atoms with van der Waals surface area (Å²) in [5.41, 5.74) is 2.13. The second-order valence-corrected chi connectivity index (χ2v) is 5.73. The number of para-hydroxylation sites is 2. The van der Waals surface area contributed by atoms with Gasteiger partial charge in [-0.1, -0.05) is 18.2 Å². The van der Waals surface area contributed by atoms with E-state index in [1.54, 1.807) is 24.6 Å². The molecular formula is C21H26MnN2O5. The van der Waals surface area contributed by atoms with Gasteiger partial charge in [0.05, 0.1) is 19.7 Å². The van der Waals surface area contributed by atoms with Gasteiger partial charge in [-0.05, 0) is 37.6 Å². The summed E-state index contributed by atoms with van der Waals surface area (Å²) in [6.45, 7) is 6.27. The fourth-order valence-electron chi connectivity index (χ4n) is 2.14. The largest absolute Gasteiger partial charge is 0.507 e. The van der Waals surface area contributed by atoms with Crippen molar-refractivity contribution in [3.05, 3.63) is 53.1 Å². The SMILES string of the molecule is CC(=O)O.CCOc1cccc(C=NCCN=Cc2cccc(C)c2O)c1O.[Mn]. The molecule has 0 bridgehead atoms. The van der Waals surface area contributed by atoms with E-state index in [0.717, 1.165) is 12.5 Å². The molecule has 0 aliphatic rings. The Kier molecular flexibility index (Phi) is 12.8. The number of hydrogen-bond acceptors (Lipinski definition) is 6. The van der Waals surface area contributed by atoms with Crippen molar-refractivity contribution in [2.45, 2.75) is 20.8 Å². The molecule has 0 aliphatic heterocycles. The van der Waals surface area contributed by atoms with Crippen LogP contribution in [0.4, 0.5) is 0 Å². The molecule has 0 unspecified atom stereocenters. The van der Waals surface area contributed by atoms with E-state index in [9.17, 15) is 10.2 Å². The van der Waals surface area contributed by atoms with Crippen LogP contribution in [0, 0.1) is 6.92 Å². The molecule has 2 aromatic carbocycles. The van der Waals surface area contributed by atoms with Gasteiger partial charge in [-0.2, -0.15) is 0 Å². The average Bonchev–Trinajstić information content (AvgIpc) is 2.64. The van der Waals surface area contributed by atoms with Crippen LogP contribution in [0.5, 0.6) is 17.2 Å². The first-order chi connectivity index (χ1) is 13.4. The monoisotopic (exact) mass is 441 g/mol. The summed E-state index contributed by atoms with van der Waals surface area (Å²) in [6.07, 6.45) is 3.25. The Morgan fingerprint density at radius 1 is 1.00 bits per heavy atom. The molecule has 2 rings (SSSR count). The Hall–Kier alpha value is -2.83. The van der Waals surface area contributed by atoms with Crippen molar-refractivity contribution in [1.82, 2.24) is 0 Å². The minimum atomic E-state index is -0.833. The number of rotatable bonds is 7. The second-order valence-electron chi connectivity index (χ2n) is 5.73. The quantitative estimate of drug-likeness (QED) is 0.346. The van der Waals surface area contributed by atoms with E-state index in [-0.39, 0.29) is 28.6 Å². The number of aromatic hydroxyl groups is 2. The Labute approximate surface area is 181 Å². The summed E-state index contributed by atoms with van der Waals surface area (Å²) in [5, 5.41) is 27.4. The molecule has 0 aliphatic carbocycles. The predicted octanol–water partition coefficient (Wildman–Crippen LogP) is 3.43. The molecule has 0 saturated carbocycles. The summed E-state index contributed by atoms with van der Waals surface area (Å²) < 4.78 is 5.33. The fourth-order valence-corrected chi connectivity index (χ4v) is 2.14. The maximum Gasteiger partial charge on any atom is 0.300 e. The van der Waals surface area contributed by atoms with Gasteiger partial charge in [-0.25, -0.2) is 0 Å². The molecule has 0 heterocycles.